The van der Waals surface area contributed by atoms with Crippen LogP contribution in [0.5, 0.6) is 0 Å². The summed E-state index contributed by atoms with van der Waals surface area (Å²) in [6, 6.07) is 7.08. The van der Waals surface area contributed by atoms with Crippen molar-refractivity contribution in [2.75, 3.05) is 70.9 Å². The molecule has 2 fully saturated rings. The number of nitrogens with zero attached hydrogens (tertiary/aromatic N) is 4. The van der Waals surface area contributed by atoms with E-state index in [9.17, 15) is 21.6 Å². The molecule has 0 N–H and O–H groups in total. The highest BCUT2D eigenvalue weighted by Gasteiger charge is 2.33. The Hall–Kier alpha value is -1.37. The molecular weight excluding hydrogens is 524 g/mol. The molecule has 0 spiro atoms. The molecule has 0 aromatic heterocycles. The zero-order valence-corrected chi connectivity index (χ0v) is 24.9. The van der Waals surface area contributed by atoms with E-state index in [1.54, 1.807) is 12.1 Å². The van der Waals surface area contributed by atoms with Crippen molar-refractivity contribution in [1.29, 1.82) is 0 Å². The zero-order chi connectivity index (χ0) is 27.8. The monoisotopic (exact) mass is 570 g/mol. The van der Waals surface area contributed by atoms with E-state index in [1.807, 2.05) is 12.1 Å². The Morgan fingerprint density at radius 2 is 1.68 bits per heavy atom. The van der Waals surface area contributed by atoms with Crippen LogP contribution in [0.1, 0.15) is 45.1 Å². The zero-order valence-electron chi connectivity index (χ0n) is 23.3. The summed E-state index contributed by atoms with van der Waals surface area (Å²) < 4.78 is 50.6. The summed E-state index contributed by atoms with van der Waals surface area (Å²) in [5.74, 6) is 0.130. The first-order chi connectivity index (χ1) is 18.0. The van der Waals surface area contributed by atoms with Gasteiger partial charge < -0.3 is 14.6 Å². The molecule has 2 atom stereocenters. The van der Waals surface area contributed by atoms with Crippen molar-refractivity contribution < 1.29 is 21.6 Å². The fourth-order valence-corrected chi connectivity index (χ4v) is 7.64. The molecule has 216 valence electrons. The van der Waals surface area contributed by atoms with Gasteiger partial charge in [0.1, 0.15) is 6.29 Å². The predicted octanol–water partition coefficient (Wildman–Crippen LogP) is 1.73. The van der Waals surface area contributed by atoms with Crippen molar-refractivity contribution in [1.82, 2.24) is 19.0 Å². The predicted molar refractivity (Wildman–Crippen MR) is 152 cm³/mol. The van der Waals surface area contributed by atoms with Crippen molar-refractivity contribution in [3.05, 3.63) is 29.8 Å². The van der Waals surface area contributed by atoms with E-state index in [-0.39, 0.29) is 18.3 Å². The van der Waals surface area contributed by atoms with Crippen LogP contribution in [-0.4, -0.2) is 125 Å². The van der Waals surface area contributed by atoms with Gasteiger partial charge in [0.2, 0.25) is 10.0 Å². The quantitative estimate of drug-likeness (QED) is 0.232. The molecule has 1 aromatic rings. The molecule has 2 unspecified atom stereocenters. The van der Waals surface area contributed by atoms with Crippen LogP contribution in [0.2, 0.25) is 0 Å². The highest BCUT2D eigenvalue weighted by atomic mass is 32.2. The molecule has 0 saturated carbocycles. The number of rotatable bonds is 15. The van der Waals surface area contributed by atoms with Crippen LogP contribution in [0.3, 0.4) is 0 Å². The molecule has 9 nitrogen and oxygen atoms in total. The fourth-order valence-electron chi connectivity index (χ4n) is 5.52. The van der Waals surface area contributed by atoms with E-state index < -0.39 is 19.9 Å². The molecule has 38 heavy (non-hydrogen) atoms. The van der Waals surface area contributed by atoms with Gasteiger partial charge in [-0.2, -0.15) is 4.31 Å². The van der Waals surface area contributed by atoms with Gasteiger partial charge in [-0.3, -0.25) is 4.90 Å². The summed E-state index contributed by atoms with van der Waals surface area (Å²) in [5.41, 5.74) is 1.12. The molecule has 3 rings (SSSR count). The first-order valence-electron chi connectivity index (χ1n) is 14.0. The smallest absolute Gasteiger partial charge is 0.215 e. The Balaban J connectivity index is 1.41. The second kappa shape index (κ2) is 14.3. The van der Waals surface area contributed by atoms with Crippen molar-refractivity contribution in [3.8, 4) is 0 Å². The molecule has 0 aliphatic carbocycles. The molecule has 2 heterocycles. The van der Waals surface area contributed by atoms with E-state index in [4.69, 9.17) is 0 Å². The number of aldehydes is 1. The molecule has 2 aliphatic heterocycles. The highest BCUT2D eigenvalue weighted by molar-refractivity contribution is 7.90. The molecule has 1 aromatic carbocycles. The SMILES string of the molecule is CCN(CCCCN1CCN(S(=O)(=O)CCN2CCCC2)CC1C=O)C(C)Cc1ccc(S(C)(=O)=O)cc1. The third-order valence-electron chi connectivity index (χ3n) is 7.96. The van der Waals surface area contributed by atoms with Gasteiger partial charge in [0.25, 0.3) is 0 Å². The lowest BCUT2D eigenvalue weighted by atomic mass is 10.1. The van der Waals surface area contributed by atoms with Gasteiger partial charge in [-0.15, -0.1) is 0 Å². The number of hydrogen-bond acceptors (Lipinski definition) is 8. The summed E-state index contributed by atoms with van der Waals surface area (Å²) in [7, 11) is -6.54. The van der Waals surface area contributed by atoms with Gasteiger partial charge in [0, 0.05) is 38.5 Å². The number of carbonyl (C=O) groups is 1. The molecular formula is C27H46N4O5S2. The standard InChI is InChI=1S/C27H46N4O5S2/c1-4-29(24(2)21-25-9-11-27(12-10-25)37(3,33)34)15-7-8-16-30-17-18-31(22-26(30)23-32)38(35,36)20-19-28-13-5-6-14-28/h9-12,23-24,26H,4-8,13-22H2,1-3H3. The Kier molecular flexibility index (Phi) is 11.7. The lowest BCUT2D eigenvalue weighted by molar-refractivity contribution is -0.113. The van der Waals surface area contributed by atoms with Crippen LogP contribution in [0, 0.1) is 0 Å². The first-order valence-corrected chi connectivity index (χ1v) is 17.5. The number of sulfonamides is 1. The maximum absolute atomic E-state index is 12.9. The number of likely N-dealkylation sites (N-methyl/N-ethyl adjacent to an activating group) is 1. The van der Waals surface area contributed by atoms with Gasteiger partial charge >= 0.3 is 0 Å². The van der Waals surface area contributed by atoms with Gasteiger partial charge in [-0.25, -0.2) is 16.8 Å². The Bertz CT molecular complexity index is 1090. The van der Waals surface area contributed by atoms with Gasteiger partial charge in [0.15, 0.2) is 9.84 Å². The van der Waals surface area contributed by atoms with Crippen LogP contribution in [0.15, 0.2) is 29.2 Å². The van der Waals surface area contributed by atoms with Crippen LogP contribution >= 0.6 is 0 Å². The Labute approximate surface area is 230 Å². The number of unbranched alkanes of at least 4 members (excludes halogenated alkanes) is 1. The van der Waals surface area contributed by atoms with E-state index in [0.717, 1.165) is 76.7 Å². The van der Waals surface area contributed by atoms with E-state index in [0.29, 0.717) is 30.6 Å². The van der Waals surface area contributed by atoms with Crippen LogP contribution < -0.4 is 0 Å². The second-order valence-electron chi connectivity index (χ2n) is 10.8. The molecule has 11 heteroatoms. The number of piperazine rings is 1. The first kappa shape index (κ1) is 31.2. The Morgan fingerprint density at radius 1 is 1.00 bits per heavy atom. The van der Waals surface area contributed by atoms with Crippen molar-refractivity contribution in [2.45, 2.75) is 62.9 Å². The van der Waals surface area contributed by atoms with Crippen LogP contribution in [0.4, 0.5) is 0 Å². The maximum atomic E-state index is 12.9. The summed E-state index contributed by atoms with van der Waals surface area (Å²) >= 11 is 0. The van der Waals surface area contributed by atoms with Crippen LogP contribution in [-0.2, 0) is 31.1 Å². The molecule has 0 amide bonds. The molecule has 2 saturated heterocycles. The third kappa shape index (κ3) is 9.09. The number of carbonyl (C=O) groups excluding carboxylic acids is 1. The van der Waals surface area contributed by atoms with Gasteiger partial charge in [-0.1, -0.05) is 19.1 Å². The van der Waals surface area contributed by atoms with E-state index in [1.165, 1.54) is 10.6 Å². The minimum Gasteiger partial charge on any atom is -0.302 e. The lowest BCUT2D eigenvalue weighted by Crippen LogP contribution is -2.56. The summed E-state index contributed by atoms with van der Waals surface area (Å²) in [6.07, 6.45) is 7.18. The fraction of sp³-hybridized carbons (Fsp3) is 0.741. The average molecular weight is 571 g/mol. The number of likely N-dealkylation sites (tertiary alicyclic amines) is 1. The van der Waals surface area contributed by atoms with Crippen LogP contribution in [0.25, 0.3) is 0 Å². The normalized spacial score (nSPS) is 21.2. The second-order valence-corrected chi connectivity index (χ2v) is 14.9. The lowest BCUT2D eigenvalue weighted by Gasteiger charge is -2.38. The van der Waals surface area contributed by atoms with E-state index >= 15 is 0 Å². The maximum Gasteiger partial charge on any atom is 0.215 e. The summed E-state index contributed by atoms with van der Waals surface area (Å²) in [6.45, 7) is 10.8. The number of hydrogen-bond donors (Lipinski definition) is 0. The topological polar surface area (TPSA) is 98.3 Å². The van der Waals surface area contributed by atoms with Crippen molar-refractivity contribution in [2.24, 2.45) is 0 Å². The van der Waals surface area contributed by atoms with E-state index in [2.05, 4.69) is 28.5 Å². The minimum absolute atomic E-state index is 0.130. The summed E-state index contributed by atoms with van der Waals surface area (Å²) in [4.78, 5) is 18.9. The Morgan fingerprint density at radius 3 is 2.29 bits per heavy atom. The third-order valence-corrected chi connectivity index (χ3v) is 10.9. The number of sulfone groups is 1. The average Bonchev–Trinajstić information content (AvgIpc) is 3.41. The molecule has 2 aliphatic rings. The highest BCUT2D eigenvalue weighted by Crippen LogP contribution is 2.17. The number of benzene rings is 1. The van der Waals surface area contributed by atoms with Gasteiger partial charge in [0.05, 0.1) is 16.7 Å². The summed E-state index contributed by atoms with van der Waals surface area (Å²) in [5, 5.41) is 0. The van der Waals surface area contributed by atoms with Crippen molar-refractivity contribution in [3.63, 3.8) is 0 Å². The largest absolute Gasteiger partial charge is 0.302 e. The molecule has 0 bridgehead atoms. The van der Waals surface area contributed by atoms with Crippen molar-refractivity contribution >= 4 is 26.1 Å². The van der Waals surface area contributed by atoms with Gasteiger partial charge in [-0.05, 0) is 89.4 Å². The minimum atomic E-state index is -3.35. The molecule has 0 radical (unpaired) electrons.